The lowest BCUT2D eigenvalue weighted by Gasteiger charge is -2.34. The van der Waals surface area contributed by atoms with Gasteiger partial charge in [-0.25, -0.2) is 0 Å². The zero-order chi connectivity index (χ0) is 14.6. The molecule has 0 aliphatic heterocycles. The van der Waals surface area contributed by atoms with Crippen LogP contribution in [0.3, 0.4) is 0 Å². The van der Waals surface area contributed by atoms with E-state index in [1.807, 2.05) is 18.2 Å². The van der Waals surface area contributed by atoms with Crippen LogP contribution in [0.5, 0.6) is 11.5 Å². The molecule has 0 aliphatic rings. The van der Waals surface area contributed by atoms with Crippen LogP contribution in [0.2, 0.25) is 0 Å². The Bertz CT molecular complexity index is 390. The minimum absolute atomic E-state index is 0.0511. The average molecular weight is 267 g/mol. The van der Waals surface area contributed by atoms with Gasteiger partial charge >= 0.3 is 0 Å². The van der Waals surface area contributed by atoms with Gasteiger partial charge in [0.25, 0.3) is 0 Å². The summed E-state index contributed by atoms with van der Waals surface area (Å²) in [5.74, 6) is 1.46. The molecular weight excluding hydrogens is 242 g/mol. The maximum Gasteiger partial charge on any atom is 0.122 e. The summed E-state index contributed by atoms with van der Waals surface area (Å²) in [6, 6.07) is 5.43. The number of rotatable bonds is 5. The Morgan fingerprint density at radius 1 is 0.947 bits per heavy atom. The van der Waals surface area contributed by atoms with Crippen LogP contribution in [-0.2, 0) is 4.74 Å². The second kappa shape index (κ2) is 6.26. The topological polar surface area (TPSA) is 53.7 Å². The van der Waals surface area contributed by atoms with E-state index in [1.54, 1.807) is 21.3 Å². The molecule has 0 bridgehead atoms. The first-order chi connectivity index (χ1) is 8.83. The first kappa shape index (κ1) is 15.8. The van der Waals surface area contributed by atoms with Gasteiger partial charge in [-0.2, -0.15) is 0 Å². The van der Waals surface area contributed by atoms with E-state index >= 15 is 0 Å². The maximum absolute atomic E-state index is 6.35. The van der Waals surface area contributed by atoms with Crippen LogP contribution in [-0.4, -0.2) is 27.4 Å². The molecule has 2 atom stereocenters. The molecule has 0 spiro atoms. The Morgan fingerprint density at radius 3 is 1.74 bits per heavy atom. The molecule has 4 heteroatoms. The quantitative estimate of drug-likeness (QED) is 0.891. The molecule has 0 aliphatic carbocycles. The fourth-order valence-electron chi connectivity index (χ4n) is 2.24. The minimum atomic E-state index is -0.242. The summed E-state index contributed by atoms with van der Waals surface area (Å²) in [4.78, 5) is 0. The average Bonchev–Trinajstić information content (AvgIpc) is 2.37. The summed E-state index contributed by atoms with van der Waals surface area (Å²) in [5.41, 5.74) is 7.24. The second-order valence-corrected chi connectivity index (χ2v) is 5.69. The lowest BCUT2D eigenvalue weighted by Crippen LogP contribution is -2.38. The first-order valence-electron chi connectivity index (χ1n) is 6.34. The van der Waals surface area contributed by atoms with Crippen molar-refractivity contribution in [3.05, 3.63) is 23.8 Å². The van der Waals surface area contributed by atoms with Gasteiger partial charge in [-0.05, 0) is 23.1 Å². The van der Waals surface area contributed by atoms with E-state index in [1.165, 1.54) is 0 Å². The fourth-order valence-corrected chi connectivity index (χ4v) is 2.24. The Labute approximate surface area is 115 Å². The minimum Gasteiger partial charge on any atom is -0.497 e. The third-order valence-corrected chi connectivity index (χ3v) is 3.19. The summed E-state index contributed by atoms with van der Waals surface area (Å²) in [7, 11) is 4.94. The highest BCUT2D eigenvalue weighted by atomic mass is 16.5. The fraction of sp³-hybridized carbons (Fsp3) is 0.600. The highest BCUT2D eigenvalue weighted by molar-refractivity contribution is 5.40. The summed E-state index contributed by atoms with van der Waals surface area (Å²) < 4.78 is 16.1. The van der Waals surface area contributed by atoms with Crippen molar-refractivity contribution in [1.82, 2.24) is 0 Å². The number of hydrogen-bond donors (Lipinski definition) is 1. The van der Waals surface area contributed by atoms with Gasteiger partial charge in [-0.1, -0.05) is 20.8 Å². The van der Waals surface area contributed by atoms with E-state index < -0.39 is 0 Å². The normalized spacial score (nSPS) is 14.9. The molecule has 0 saturated heterocycles. The lowest BCUT2D eigenvalue weighted by atomic mass is 9.82. The number of methoxy groups -OCH3 is 3. The van der Waals surface area contributed by atoms with Gasteiger partial charge < -0.3 is 19.9 Å². The molecule has 0 aromatic heterocycles. The zero-order valence-corrected chi connectivity index (χ0v) is 12.7. The molecule has 19 heavy (non-hydrogen) atoms. The van der Waals surface area contributed by atoms with Crippen molar-refractivity contribution >= 4 is 0 Å². The van der Waals surface area contributed by atoms with E-state index in [9.17, 15) is 0 Å². The van der Waals surface area contributed by atoms with Gasteiger partial charge in [-0.15, -0.1) is 0 Å². The molecule has 0 saturated carbocycles. The van der Waals surface area contributed by atoms with Crippen LogP contribution in [0.4, 0.5) is 0 Å². The van der Waals surface area contributed by atoms with Crippen molar-refractivity contribution in [2.24, 2.45) is 11.1 Å². The van der Waals surface area contributed by atoms with Crippen LogP contribution < -0.4 is 15.2 Å². The molecule has 1 aromatic carbocycles. The largest absolute Gasteiger partial charge is 0.497 e. The van der Waals surface area contributed by atoms with Gasteiger partial charge in [-0.3, -0.25) is 0 Å². The highest BCUT2D eigenvalue weighted by Crippen LogP contribution is 2.34. The Hall–Kier alpha value is -1.26. The van der Waals surface area contributed by atoms with Crippen LogP contribution in [0.1, 0.15) is 32.4 Å². The van der Waals surface area contributed by atoms with E-state index in [2.05, 4.69) is 20.8 Å². The Balaban J connectivity index is 3.13. The third kappa shape index (κ3) is 3.85. The molecule has 4 nitrogen and oxygen atoms in total. The monoisotopic (exact) mass is 267 g/mol. The smallest absolute Gasteiger partial charge is 0.122 e. The molecule has 108 valence electrons. The van der Waals surface area contributed by atoms with Crippen LogP contribution >= 0.6 is 0 Å². The summed E-state index contributed by atoms with van der Waals surface area (Å²) >= 11 is 0. The van der Waals surface area contributed by atoms with Crippen LogP contribution in [0, 0.1) is 5.41 Å². The third-order valence-electron chi connectivity index (χ3n) is 3.19. The van der Waals surface area contributed by atoms with Crippen molar-refractivity contribution < 1.29 is 14.2 Å². The molecule has 0 amide bonds. The maximum atomic E-state index is 6.35. The SMILES string of the molecule is COc1cc(OC)cc(C(N)C(OC)C(C)(C)C)c1. The van der Waals surface area contributed by atoms with E-state index in [4.69, 9.17) is 19.9 Å². The van der Waals surface area contributed by atoms with Crippen molar-refractivity contribution in [2.45, 2.75) is 32.9 Å². The number of benzene rings is 1. The van der Waals surface area contributed by atoms with Gasteiger partial charge in [0, 0.05) is 13.2 Å². The standard InChI is InChI=1S/C15H25NO3/c1-15(2,3)14(19-6)13(16)10-7-11(17-4)9-12(8-10)18-5/h7-9,13-14H,16H2,1-6H3. The first-order valence-corrected chi connectivity index (χ1v) is 6.34. The predicted molar refractivity (Wildman–Crippen MR) is 76.7 cm³/mol. The van der Waals surface area contributed by atoms with Crippen molar-refractivity contribution in [2.75, 3.05) is 21.3 Å². The van der Waals surface area contributed by atoms with Gasteiger partial charge in [0.05, 0.1) is 26.4 Å². The summed E-state index contributed by atoms with van der Waals surface area (Å²) in [5, 5.41) is 0. The number of nitrogens with two attached hydrogens (primary N) is 1. The molecule has 0 heterocycles. The Morgan fingerprint density at radius 2 is 1.42 bits per heavy atom. The zero-order valence-electron chi connectivity index (χ0n) is 12.7. The molecule has 2 unspecified atom stereocenters. The predicted octanol–water partition coefficient (Wildman–Crippen LogP) is 2.76. The Kier molecular flexibility index (Phi) is 5.20. The summed E-state index contributed by atoms with van der Waals surface area (Å²) in [6.45, 7) is 6.33. The van der Waals surface area contributed by atoms with Gasteiger partial charge in [0.2, 0.25) is 0 Å². The van der Waals surface area contributed by atoms with Crippen molar-refractivity contribution in [1.29, 1.82) is 0 Å². The van der Waals surface area contributed by atoms with Crippen LogP contribution in [0.25, 0.3) is 0 Å². The summed E-state index contributed by atoms with van der Waals surface area (Å²) in [6.07, 6.45) is -0.0932. The lowest BCUT2D eigenvalue weighted by molar-refractivity contribution is -0.00250. The van der Waals surface area contributed by atoms with E-state index in [0.29, 0.717) is 0 Å². The van der Waals surface area contributed by atoms with E-state index in [0.717, 1.165) is 17.1 Å². The van der Waals surface area contributed by atoms with Gasteiger partial charge in [0.15, 0.2) is 0 Å². The van der Waals surface area contributed by atoms with Crippen molar-refractivity contribution in [3.8, 4) is 11.5 Å². The number of ether oxygens (including phenoxy) is 3. The molecular formula is C15H25NO3. The van der Waals surface area contributed by atoms with Gasteiger partial charge in [0.1, 0.15) is 11.5 Å². The molecule has 1 aromatic rings. The number of hydrogen-bond acceptors (Lipinski definition) is 4. The molecule has 2 N–H and O–H groups in total. The molecule has 0 fully saturated rings. The highest BCUT2D eigenvalue weighted by Gasteiger charge is 2.31. The second-order valence-electron chi connectivity index (χ2n) is 5.69. The van der Waals surface area contributed by atoms with Crippen LogP contribution in [0.15, 0.2) is 18.2 Å². The van der Waals surface area contributed by atoms with E-state index in [-0.39, 0.29) is 17.6 Å². The van der Waals surface area contributed by atoms with Crippen molar-refractivity contribution in [3.63, 3.8) is 0 Å². The molecule has 0 radical (unpaired) electrons. The molecule has 1 rings (SSSR count).